The molecule has 0 aliphatic rings. The fourth-order valence-electron chi connectivity index (χ4n) is 7.86. The van der Waals surface area contributed by atoms with Crippen molar-refractivity contribution in [1.82, 2.24) is 5.32 Å². The first-order valence-electron chi connectivity index (χ1n) is 26.0. The summed E-state index contributed by atoms with van der Waals surface area (Å²) in [6.07, 6.45) is 70.6. The van der Waals surface area contributed by atoms with Gasteiger partial charge in [0.15, 0.2) is 0 Å². The van der Waals surface area contributed by atoms with Crippen molar-refractivity contribution in [3.63, 3.8) is 0 Å². The van der Waals surface area contributed by atoms with E-state index in [4.69, 9.17) is 0 Å². The molecule has 0 radical (unpaired) electrons. The average molecular weight is 824 g/mol. The van der Waals surface area contributed by atoms with Crippen molar-refractivity contribution < 1.29 is 15.0 Å². The predicted octanol–water partition coefficient (Wildman–Crippen LogP) is 16.9. The second-order valence-corrected chi connectivity index (χ2v) is 17.6. The molecule has 0 aliphatic heterocycles. The highest BCUT2D eigenvalue weighted by Gasteiger charge is 2.20. The Morgan fingerprint density at radius 2 is 0.746 bits per heavy atom. The Morgan fingerprint density at radius 1 is 0.424 bits per heavy atom. The van der Waals surface area contributed by atoms with E-state index in [0.717, 1.165) is 57.8 Å². The summed E-state index contributed by atoms with van der Waals surface area (Å²) in [5.74, 6) is -0.0308. The second-order valence-electron chi connectivity index (χ2n) is 17.6. The third-order valence-corrected chi connectivity index (χ3v) is 11.8. The summed E-state index contributed by atoms with van der Waals surface area (Å²) in [4.78, 5) is 12.4. The van der Waals surface area contributed by atoms with Crippen molar-refractivity contribution in [1.29, 1.82) is 0 Å². The van der Waals surface area contributed by atoms with E-state index < -0.39 is 12.1 Å². The lowest BCUT2D eigenvalue weighted by Crippen LogP contribution is -2.45. The average Bonchev–Trinajstić information content (AvgIpc) is 3.24. The van der Waals surface area contributed by atoms with Crippen molar-refractivity contribution >= 4 is 5.91 Å². The van der Waals surface area contributed by atoms with Crippen molar-refractivity contribution in [2.75, 3.05) is 6.61 Å². The zero-order valence-corrected chi connectivity index (χ0v) is 39.5. The zero-order valence-electron chi connectivity index (χ0n) is 39.5. The van der Waals surface area contributed by atoms with Gasteiger partial charge in [-0.25, -0.2) is 0 Å². The summed E-state index contributed by atoms with van der Waals surface area (Å²) < 4.78 is 0. The van der Waals surface area contributed by atoms with E-state index in [2.05, 4.69) is 79.9 Å². The van der Waals surface area contributed by atoms with Gasteiger partial charge in [-0.05, 0) is 57.8 Å². The molecule has 2 unspecified atom stereocenters. The maximum absolute atomic E-state index is 12.4. The molecule has 3 N–H and O–H groups in total. The van der Waals surface area contributed by atoms with E-state index in [1.807, 2.05) is 0 Å². The Labute approximate surface area is 368 Å². The highest BCUT2D eigenvalue weighted by atomic mass is 16.3. The van der Waals surface area contributed by atoms with E-state index in [1.54, 1.807) is 0 Å². The van der Waals surface area contributed by atoms with Crippen LogP contribution in [0.3, 0.4) is 0 Å². The van der Waals surface area contributed by atoms with Gasteiger partial charge in [-0.3, -0.25) is 4.79 Å². The molecule has 0 aromatic carbocycles. The van der Waals surface area contributed by atoms with Crippen LogP contribution in [0.5, 0.6) is 0 Å². The Hall–Kier alpha value is -1.91. The van der Waals surface area contributed by atoms with Crippen LogP contribution >= 0.6 is 0 Å². The Bertz CT molecular complexity index is 981. The van der Waals surface area contributed by atoms with E-state index >= 15 is 0 Å². The summed E-state index contributed by atoms with van der Waals surface area (Å²) in [6.45, 7) is 4.24. The van der Waals surface area contributed by atoms with Crippen LogP contribution in [-0.4, -0.2) is 34.9 Å². The number of carbonyl (C=O) groups is 1. The number of unbranched alkanes of at least 4 members (excludes halogenated alkanes) is 30. The number of hydrogen-bond acceptors (Lipinski definition) is 3. The van der Waals surface area contributed by atoms with Gasteiger partial charge in [0.1, 0.15) is 0 Å². The quantitative estimate of drug-likeness (QED) is 0.0423. The molecular weight excluding hydrogens is 723 g/mol. The molecule has 2 atom stereocenters. The first-order valence-corrected chi connectivity index (χ1v) is 26.0. The predicted molar refractivity (Wildman–Crippen MR) is 262 cm³/mol. The van der Waals surface area contributed by atoms with Gasteiger partial charge in [-0.2, -0.15) is 0 Å². The van der Waals surface area contributed by atoms with Gasteiger partial charge in [0, 0.05) is 6.42 Å². The number of carbonyl (C=O) groups excluding carboxylic acids is 1. The molecule has 0 rings (SSSR count). The summed E-state index contributed by atoms with van der Waals surface area (Å²) in [6, 6.07) is -0.533. The molecule has 344 valence electrons. The molecule has 0 aromatic heterocycles. The lowest BCUT2D eigenvalue weighted by atomic mass is 10.0. The lowest BCUT2D eigenvalue weighted by Gasteiger charge is -2.22. The monoisotopic (exact) mass is 824 g/mol. The normalized spacial score (nSPS) is 13.4. The maximum atomic E-state index is 12.4. The number of aliphatic hydroxyl groups excluding tert-OH is 2. The van der Waals surface area contributed by atoms with E-state index in [-0.39, 0.29) is 12.5 Å². The molecule has 0 bridgehead atoms. The van der Waals surface area contributed by atoms with Crippen LogP contribution in [0.4, 0.5) is 0 Å². The van der Waals surface area contributed by atoms with E-state index in [1.165, 1.54) is 180 Å². The van der Waals surface area contributed by atoms with Gasteiger partial charge in [0.05, 0.1) is 18.8 Å². The molecule has 0 aromatic rings. The van der Waals surface area contributed by atoms with Crippen LogP contribution in [0.2, 0.25) is 0 Å². The van der Waals surface area contributed by atoms with Gasteiger partial charge in [-0.15, -0.1) is 0 Å². The van der Waals surface area contributed by atoms with Gasteiger partial charge < -0.3 is 15.5 Å². The largest absolute Gasteiger partial charge is 0.394 e. The van der Waals surface area contributed by atoms with Crippen molar-refractivity contribution in [3.05, 3.63) is 60.8 Å². The Kier molecular flexibility index (Phi) is 48.8. The molecule has 4 nitrogen and oxygen atoms in total. The van der Waals surface area contributed by atoms with E-state index in [9.17, 15) is 15.0 Å². The van der Waals surface area contributed by atoms with Crippen LogP contribution in [0.25, 0.3) is 0 Å². The van der Waals surface area contributed by atoms with Crippen molar-refractivity contribution in [2.45, 2.75) is 276 Å². The highest BCUT2D eigenvalue weighted by Crippen LogP contribution is 2.17. The Morgan fingerprint density at radius 3 is 1.12 bits per heavy atom. The lowest BCUT2D eigenvalue weighted by molar-refractivity contribution is -0.123. The van der Waals surface area contributed by atoms with Crippen LogP contribution in [0.1, 0.15) is 264 Å². The van der Waals surface area contributed by atoms with Crippen molar-refractivity contribution in [2.24, 2.45) is 0 Å². The number of hydrogen-bond donors (Lipinski definition) is 3. The van der Waals surface area contributed by atoms with Crippen LogP contribution < -0.4 is 5.32 Å². The topological polar surface area (TPSA) is 69.6 Å². The summed E-state index contributed by atoms with van der Waals surface area (Å²) in [7, 11) is 0. The first-order chi connectivity index (χ1) is 29.2. The number of amides is 1. The summed E-state index contributed by atoms with van der Waals surface area (Å²) in [5, 5.41) is 23.1. The minimum Gasteiger partial charge on any atom is -0.394 e. The van der Waals surface area contributed by atoms with Crippen LogP contribution in [0, 0.1) is 0 Å². The molecule has 4 heteroatoms. The molecule has 1 amide bonds. The van der Waals surface area contributed by atoms with Gasteiger partial charge >= 0.3 is 0 Å². The third-order valence-electron chi connectivity index (χ3n) is 11.8. The standard InChI is InChI=1S/C55H101NO3/c1-3-5-7-9-11-13-15-16-17-18-19-20-21-22-23-24-25-26-27-28-29-30-31-32-33-34-35-36-37-38-39-40-41-43-45-47-49-51-55(59)56-53(52-57)54(58)50-48-46-44-42-14-12-10-8-6-4-2/h5,7,11,13,16-17,19-20,22-23,53-54,57-58H,3-4,6,8-10,12,14-15,18,21,24-52H2,1-2H3,(H,56,59)/b7-5-,13-11-,17-16-,20-19-,23-22-. The third kappa shape index (κ3) is 47.0. The fourth-order valence-corrected chi connectivity index (χ4v) is 7.86. The molecule has 0 spiro atoms. The van der Waals surface area contributed by atoms with Crippen molar-refractivity contribution in [3.8, 4) is 0 Å². The molecular formula is C55H101NO3. The van der Waals surface area contributed by atoms with E-state index in [0.29, 0.717) is 12.8 Å². The minimum absolute atomic E-state index is 0.0308. The van der Waals surface area contributed by atoms with Gasteiger partial charge in [0.25, 0.3) is 0 Å². The van der Waals surface area contributed by atoms with Crippen LogP contribution in [0.15, 0.2) is 60.8 Å². The molecule has 0 aliphatic carbocycles. The molecule has 59 heavy (non-hydrogen) atoms. The fraction of sp³-hybridized carbons (Fsp3) is 0.800. The Balaban J connectivity index is 3.39. The number of aliphatic hydroxyl groups is 2. The minimum atomic E-state index is -0.656. The molecule has 0 heterocycles. The number of rotatable bonds is 47. The molecule has 0 fully saturated rings. The van der Waals surface area contributed by atoms with Gasteiger partial charge in [-0.1, -0.05) is 261 Å². The molecule has 0 saturated heterocycles. The summed E-state index contributed by atoms with van der Waals surface area (Å²) in [5.41, 5.74) is 0. The maximum Gasteiger partial charge on any atom is 0.220 e. The zero-order chi connectivity index (χ0) is 42.8. The SMILES string of the molecule is CC/C=C\C/C=C\C/C=C\C/C=C\C/C=C\CCCCCCCCCCCCCCCCCCCCCCCC(=O)NC(CO)C(O)CCCCCCCCCCCC. The number of nitrogens with one attached hydrogen (secondary N) is 1. The highest BCUT2D eigenvalue weighted by molar-refractivity contribution is 5.76. The van der Waals surface area contributed by atoms with Gasteiger partial charge in [0.2, 0.25) is 5.91 Å². The smallest absolute Gasteiger partial charge is 0.220 e. The second kappa shape index (κ2) is 50.4. The molecule has 0 saturated carbocycles. The number of allylic oxidation sites excluding steroid dienone is 10. The van der Waals surface area contributed by atoms with Crippen LogP contribution in [-0.2, 0) is 4.79 Å². The first kappa shape index (κ1) is 57.1. The summed E-state index contributed by atoms with van der Waals surface area (Å²) >= 11 is 0.